The van der Waals surface area contributed by atoms with E-state index in [1.165, 1.54) is 18.4 Å². The fraction of sp³-hybridized carbons (Fsp3) is 0.647. The lowest BCUT2D eigenvalue weighted by molar-refractivity contribution is 0.0679. The molecule has 0 radical (unpaired) electrons. The molecule has 1 aromatic rings. The highest BCUT2D eigenvalue weighted by atomic mass is 16.5. The van der Waals surface area contributed by atoms with Crippen LogP contribution in [0.5, 0.6) is 0 Å². The number of piperazine rings is 1. The van der Waals surface area contributed by atoms with Crippen LogP contribution < -0.4 is 5.32 Å². The van der Waals surface area contributed by atoms with Crippen molar-refractivity contribution in [1.29, 1.82) is 0 Å². The second-order valence-electron chi connectivity index (χ2n) is 6.07. The predicted molar refractivity (Wildman–Crippen MR) is 81.9 cm³/mol. The van der Waals surface area contributed by atoms with E-state index in [0.717, 1.165) is 32.7 Å². The van der Waals surface area contributed by atoms with Crippen LogP contribution in [0.15, 0.2) is 30.3 Å². The van der Waals surface area contributed by atoms with Crippen LogP contribution in [0.25, 0.3) is 0 Å². The van der Waals surface area contributed by atoms with Crippen molar-refractivity contribution in [2.45, 2.75) is 44.3 Å². The van der Waals surface area contributed by atoms with E-state index < -0.39 is 0 Å². The highest BCUT2D eigenvalue weighted by Crippen LogP contribution is 2.21. The number of benzene rings is 1. The average Bonchev–Trinajstić information content (AvgIpc) is 3.02. The van der Waals surface area contributed by atoms with Crippen molar-refractivity contribution in [2.24, 2.45) is 0 Å². The molecule has 2 aliphatic heterocycles. The van der Waals surface area contributed by atoms with Crippen LogP contribution in [0.3, 0.4) is 0 Å². The van der Waals surface area contributed by atoms with Gasteiger partial charge >= 0.3 is 0 Å². The largest absolute Gasteiger partial charge is 0.380 e. The molecule has 3 heteroatoms. The zero-order chi connectivity index (χ0) is 13.8. The lowest BCUT2D eigenvalue weighted by Gasteiger charge is -2.43. The Bertz CT molecular complexity index is 401. The number of ether oxygens (including phenoxy) is 1. The third-order valence-corrected chi connectivity index (χ3v) is 4.71. The Labute approximate surface area is 122 Å². The summed E-state index contributed by atoms with van der Waals surface area (Å²) >= 11 is 0. The molecule has 0 aliphatic carbocycles. The molecule has 20 heavy (non-hydrogen) atoms. The van der Waals surface area contributed by atoms with Gasteiger partial charge < -0.3 is 10.1 Å². The molecule has 0 bridgehead atoms. The van der Waals surface area contributed by atoms with E-state index in [2.05, 4.69) is 47.5 Å². The highest BCUT2D eigenvalue weighted by molar-refractivity contribution is 5.16. The van der Waals surface area contributed by atoms with Gasteiger partial charge in [-0.05, 0) is 24.8 Å². The number of nitrogens with one attached hydrogen (secondary N) is 1. The molecular formula is C17H26N2O. The highest BCUT2D eigenvalue weighted by Gasteiger charge is 2.33. The van der Waals surface area contributed by atoms with Crippen LogP contribution in [0.1, 0.15) is 25.3 Å². The predicted octanol–water partition coefficient (Wildman–Crippen LogP) is 2.07. The van der Waals surface area contributed by atoms with Crippen molar-refractivity contribution >= 4 is 0 Å². The zero-order valence-electron chi connectivity index (χ0n) is 12.4. The van der Waals surface area contributed by atoms with Gasteiger partial charge in [0.2, 0.25) is 0 Å². The topological polar surface area (TPSA) is 24.5 Å². The minimum absolute atomic E-state index is 0.570. The van der Waals surface area contributed by atoms with E-state index in [0.29, 0.717) is 18.1 Å². The molecule has 3 rings (SSSR count). The first-order valence-electron chi connectivity index (χ1n) is 7.97. The summed E-state index contributed by atoms with van der Waals surface area (Å²) in [6, 6.07) is 12.7. The van der Waals surface area contributed by atoms with Crippen molar-refractivity contribution in [3.05, 3.63) is 35.9 Å². The molecule has 110 valence electrons. The van der Waals surface area contributed by atoms with E-state index >= 15 is 0 Å². The Morgan fingerprint density at radius 1 is 1.30 bits per heavy atom. The molecule has 3 unspecified atom stereocenters. The summed E-state index contributed by atoms with van der Waals surface area (Å²) in [5.41, 5.74) is 1.43. The number of rotatable bonds is 4. The third-order valence-electron chi connectivity index (χ3n) is 4.71. The Morgan fingerprint density at radius 2 is 2.15 bits per heavy atom. The third kappa shape index (κ3) is 3.22. The summed E-state index contributed by atoms with van der Waals surface area (Å²) in [5.74, 6) is 0. The molecule has 0 aromatic heterocycles. The van der Waals surface area contributed by atoms with Gasteiger partial charge in [-0.25, -0.2) is 0 Å². The molecule has 2 saturated heterocycles. The van der Waals surface area contributed by atoms with Crippen molar-refractivity contribution < 1.29 is 4.74 Å². The summed E-state index contributed by atoms with van der Waals surface area (Å²) < 4.78 is 5.59. The summed E-state index contributed by atoms with van der Waals surface area (Å²) in [5, 5.41) is 3.74. The lowest BCUT2D eigenvalue weighted by atomic mass is 9.98. The molecule has 2 fully saturated rings. The van der Waals surface area contributed by atoms with E-state index in [9.17, 15) is 0 Å². The first kappa shape index (κ1) is 14.1. The molecular weight excluding hydrogens is 248 g/mol. The van der Waals surface area contributed by atoms with Crippen LogP contribution in [-0.2, 0) is 11.2 Å². The van der Waals surface area contributed by atoms with E-state index in [-0.39, 0.29) is 0 Å². The minimum atomic E-state index is 0.570. The van der Waals surface area contributed by atoms with Crippen LogP contribution in [0, 0.1) is 0 Å². The second-order valence-corrected chi connectivity index (χ2v) is 6.07. The van der Waals surface area contributed by atoms with Gasteiger partial charge in [0.15, 0.2) is 0 Å². The molecule has 3 atom stereocenters. The summed E-state index contributed by atoms with van der Waals surface area (Å²) in [6.07, 6.45) is 3.55. The van der Waals surface area contributed by atoms with Gasteiger partial charge in [-0.1, -0.05) is 37.3 Å². The van der Waals surface area contributed by atoms with Crippen molar-refractivity contribution in [1.82, 2.24) is 10.2 Å². The lowest BCUT2D eigenvalue weighted by Crippen LogP contribution is -2.60. The summed E-state index contributed by atoms with van der Waals surface area (Å²) in [7, 11) is 0. The van der Waals surface area contributed by atoms with Crippen LogP contribution in [0.4, 0.5) is 0 Å². The van der Waals surface area contributed by atoms with Gasteiger partial charge in [-0.2, -0.15) is 0 Å². The van der Waals surface area contributed by atoms with Gasteiger partial charge in [0.25, 0.3) is 0 Å². The number of nitrogens with zero attached hydrogens (tertiary/aromatic N) is 1. The second kappa shape index (κ2) is 6.70. The fourth-order valence-electron chi connectivity index (χ4n) is 3.53. The van der Waals surface area contributed by atoms with Crippen molar-refractivity contribution in [3.63, 3.8) is 0 Å². The van der Waals surface area contributed by atoms with Gasteiger partial charge in [-0.15, -0.1) is 0 Å². The monoisotopic (exact) mass is 274 g/mol. The zero-order valence-corrected chi connectivity index (χ0v) is 12.4. The molecule has 3 nitrogen and oxygen atoms in total. The average molecular weight is 274 g/mol. The Balaban J connectivity index is 1.63. The van der Waals surface area contributed by atoms with Gasteiger partial charge in [-0.3, -0.25) is 4.90 Å². The van der Waals surface area contributed by atoms with E-state index in [1.807, 2.05) is 0 Å². The maximum atomic E-state index is 5.59. The first-order chi connectivity index (χ1) is 9.86. The van der Waals surface area contributed by atoms with Crippen LogP contribution in [-0.4, -0.2) is 49.3 Å². The first-order valence-corrected chi connectivity index (χ1v) is 7.97. The molecule has 0 amide bonds. The van der Waals surface area contributed by atoms with Crippen LogP contribution >= 0.6 is 0 Å². The molecule has 2 heterocycles. The van der Waals surface area contributed by atoms with Crippen molar-refractivity contribution in [3.8, 4) is 0 Å². The maximum Gasteiger partial charge on any atom is 0.0622 e. The SMILES string of the molecule is CCC1CNC(Cc2ccccc2)CN1C1CCOC1. The quantitative estimate of drug-likeness (QED) is 0.909. The van der Waals surface area contributed by atoms with E-state index in [1.54, 1.807) is 0 Å². The Kier molecular flexibility index (Phi) is 4.71. The Hall–Kier alpha value is -0.900. The standard InChI is InChI=1S/C17H26N2O/c1-2-16-11-18-15(10-14-6-4-3-5-7-14)12-19(16)17-8-9-20-13-17/h3-7,15-18H,2,8-13H2,1H3. The molecule has 2 aliphatic rings. The van der Waals surface area contributed by atoms with Gasteiger partial charge in [0.05, 0.1) is 6.61 Å². The van der Waals surface area contributed by atoms with Gasteiger partial charge in [0, 0.05) is 37.8 Å². The summed E-state index contributed by atoms with van der Waals surface area (Å²) in [4.78, 5) is 2.71. The molecule has 1 N–H and O–H groups in total. The minimum Gasteiger partial charge on any atom is -0.380 e. The van der Waals surface area contributed by atoms with E-state index in [4.69, 9.17) is 4.74 Å². The number of hydrogen-bond donors (Lipinski definition) is 1. The molecule has 0 spiro atoms. The normalized spacial score (nSPS) is 31.6. The fourth-order valence-corrected chi connectivity index (χ4v) is 3.53. The number of hydrogen-bond acceptors (Lipinski definition) is 3. The van der Waals surface area contributed by atoms with Crippen molar-refractivity contribution in [2.75, 3.05) is 26.3 Å². The maximum absolute atomic E-state index is 5.59. The Morgan fingerprint density at radius 3 is 2.85 bits per heavy atom. The van der Waals surface area contributed by atoms with Crippen LogP contribution in [0.2, 0.25) is 0 Å². The molecule has 1 aromatic carbocycles. The smallest absolute Gasteiger partial charge is 0.0622 e. The van der Waals surface area contributed by atoms with Gasteiger partial charge in [0.1, 0.15) is 0 Å². The molecule has 0 saturated carbocycles. The summed E-state index contributed by atoms with van der Waals surface area (Å²) in [6.45, 7) is 6.43.